The summed E-state index contributed by atoms with van der Waals surface area (Å²) in [5.41, 5.74) is 0.239. The fourth-order valence-corrected chi connectivity index (χ4v) is 2.07. The molecule has 0 aliphatic carbocycles. The van der Waals surface area contributed by atoms with Gasteiger partial charge in [0.05, 0.1) is 0 Å². The summed E-state index contributed by atoms with van der Waals surface area (Å²) in [6.45, 7) is 0. The molecule has 0 saturated heterocycles. The monoisotopic (exact) mass is 302 g/mol. The molecule has 0 heterocycles. The zero-order valence-electron chi connectivity index (χ0n) is 8.19. The first-order chi connectivity index (χ1) is 7.16. The fourth-order valence-electron chi connectivity index (χ4n) is 1.07. The molecule has 3 nitrogen and oxygen atoms in total. The third-order valence-corrected chi connectivity index (χ3v) is 5.52. The van der Waals surface area contributed by atoms with Crippen LogP contribution in [0.3, 0.4) is 0 Å². The molecule has 0 aromatic heterocycles. The van der Waals surface area contributed by atoms with Crippen LogP contribution in [-0.2, 0) is 9.84 Å². The van der Waals surface area contributed by atoms with Crippen molar-refractivity contribution in [3.63, 3.8) is 0 Å². The Labute approximate surface area is 109 Å². The van der Waals surface area contributed by atoms with Gasteiger partial charge >= 0.3 is 0 Å². The standard InChI is InChI=1S/C9H9Cl3O3S/c1-16(14,15)9(11,12)8(13)6-3-2-4-7(10)5-6/h2-5,8,13H,1H3/t8-/m1/s1. The molecule has 0 saturated carbocycles. The smallest absolute Gasteiger partial charge is 0.247 e. The molecule has 1 aromatic carbocycles. The first kappa shape index (κ1) is 14.1. The number of sulfone groups is 1. The van der Waals surface area contributed by atoms with Gasteiger partial charge in [0, 0.05) is 11.3 Å². The van der Waals surface area contributed by atoms with Gasteiger partial charge in [-0.05, 0) is 17.7 Å². The van der Waals surface area contributed by atoms with Crippen LogP contribution in [0.25, 0.3) is 0 Å². The van der Waals surface area contributed by atoms with Crippen molar-refractivity contribution in [2.75, 3.05) is 6.26 Å². The molecular weight excluding hydrogens is 295 g/mol. The summed E-state index contributed by atoms with van der Waals surface area (Å²) in [7, 11) is -3.82. The maximum absolute atomic E-state index is 11.3. The topological polar surface area (TPSA) is 54.4 Å². The first-order valence-electron chi connectivity index (χ1n) is 4.17. The van der Waals surface area contributed by atoms with Crippen molar-refractivity contribution >= 4 is 44.6 Å². The second-order valence-corrected chi connectivity index (χ2v) is 7.75. The van der Waals surface area contributed by atoms with Crippen molar-refractivity contribution in [2.45, 2.75) is 9.77 Å². The van der Waals surface area contributed by atoms with E-state index in [-0.39, 0.29) is 5.56 Å². The van der Waals surface area contributed by atoms with Crippen LogP contribution in [0.1, 0.15) is 11.7 Å². The molecule has 1 aromatic rings. The Kier molecular flexibility index (Phi) is 4.13. The molecule has 1 N–H and O–H groups in total. The highest BCUT2D eigenvalue weighted by Crippen LogP contribution is 2.40. The summed E-state index contributed by atoms with van der Waals surface area (Å²) in [6.07, 6.45) is -0.717. The minimum atomic E-state index is -3.82. The minimum absolute atomic E-state index is 0.239. The Bertz CT molecular complexity index is 485. The molecule has 0 amide bonds. The Balaban J connectivity index is 3.17. The van der Waals surface area contributed by atoms with Crippen LogP contribution in [-0.4, -0.2) is 23.4 Å². The average molecular weight is 304 g/mol. The molecule has 1 rings (SSSR count). The SMILES string of the molecule is CS(=O)(=O)C(Cl)(Cl)[C@H](O)c1cccc(Cl)c1. The number of alkyl halides is 2. The molecule has 7 heteroatoms. The molecule has 0 aliphatic heterocycles. The van der Waals surface area contributed by atoms with Gasteiger partial charge < -0.3 is 5.11 Å². The molecule has 90 valence electrons. The number of hydrogen-bond acceptors (Lipinski definition) is 3. The number of benzene rings is 1. The van der Waals surface area contributed by atoms with E-state index < -0.39 is 19.6 Å². The molecule has 0 unspecified atom stereocenters. The molecule has 16 heavy (non-hydrogen) atoms. The lowest BCUT2D eigenvalue weighted by Crippen LogP contribution is -2.32. The van der Waals surface area contributed by atoms with Crippen LogP contribution in [0.5, 0.6) is 0 Å². The second kappa shape index (κ2) is 4.70. The van der Waals surface area contributed by atoms with E-state index in [1.54, 1.807) is 12.1 Å². The quantitative estimate of drug-likeness (QED) is 0.873. The number of aliphatic hydroxyl groups excluding tert-OH is 1. The fraction of sp³-hybridized carbons (Fsp3) is 0.333. The van der Waals surface area contributed by atoms with Crippen molar-refractivity contribution in [3.05, 3.63) is 34.9 Å². The summed E-state index contributed by atoms with van der Waals surface area (Å²) in [5, 5.41) is 10.2. The average Bonchev–Trinajstić information content (AvgIpc) is 2.14. The maximum Gasteiger partial charge on any atom is 0.247 e. The van der Waals surface area contributed by atoms with Crippen molar-refractivity contribution in [1.29, 1.82) is 0 Å². The zero-order chi connectivity index (χ0) is 12.6. The Morgan fingerprint density at radius 1 is 1.38 bits per heavy atom. The number of hydrogen-bond donors (Lipinski definition) is 1. The lowest BCUT2D eigenvalue weighted by molar-refractivity contribution is 0.181. The van der Waals surface area contributed by atoms with E-state index >= 15 is 0 Å². The number of aliphatic hydroxyl groups is 1. The van der Waals surface area contributed by atoms with E-state index in [9.17, 15) is 13.5 Å². The van der Waals surface area contributed by atoms with Crippen LogP contribution in [0.2, 0.25) is 5.02 Å². The highest BCUT2D eigenvalue weighted by molar-refractivity contribution is 7.94. The van der Waals surface area contributed by atoms with E-state index in [0.29, 0.717) is 5.02 Å². The van der Waals surface area contributed by atoms with Gasteiger partial charge in [0.1, 0.15) is 6.10 Å². The largest absolute Gasteiger partial charge is 0.384 e. The van der Waals surface area contributed by atoms with Gasteiger partial charge in [0.2, 0.25) is 3.67 Å². The van der Waals surface area contributed by atoms with Gasteiger partial charge in [-0.3, -0.25) is 0 Å². The van der Waals surface area contributed by atoms with E-state index in [1.807, 2.05) is 0 Å². The van der Waals surface area contributed by atoms with Crippen molar-refractivity contribution in [1.82, 2.24) is 0 Å². The molecule has 0 radical (unpaired) electrons. The predicted molar refractivity (Wildman–Crippen MR) is 65.7 cm³/mol. The van der Waals surface area contributed by atoms with Crippen LogP contribution < -0.4 is 0 Å². The van der Waals surface area contributed by atoms with Gasteiger partial charge in [0.15, 0.2) is 9.84 Å². The van der Waals surface area contributed by atoms with E-state index in [4.69, 9.17) is 34.8 Å². The Morgan fingerprint density at radius 3 is 2.38 bits per heavy atom. The van der Waals surface area contributed by atoms with Crippen LogP contribution in [0.4, 0.5) is 0 Å². The minimum Gasteiger partial charge on any atom is -0.384 e. The zero-order valence-corrected chi connectivity index (χ0v) is 11.3. The Hall–Kier alpha value is -0.000000000000000111. The third-order valence-electron chi connectivity index (χ3n) is 1.98. The van der Waals surface area contributed by atoms with Crippen LogP contribution in [0, 0.1) is 0 Å². The molecule has 1 atom stereocenters. The van der Waals surface area contributed by atoms with Gasteiger partial charge in [0.25, 0.3) is 0 Å². The molecule has 0 fully saturated rings. The highest BCUT2D eigenvalue weighted by Gasteiger charge is 2.44. The Morgan fingerprint density at radius 2 is 1.94 bits per heavy atom. The normalized spacial score (nSPS) is 14.8. The summed E-state index contributed by atoms with van der Waals surface area (Å²) in [6, 6.07) is 6.04. The first-order valence-corrected chi connectivity index (χ1v) is 7.19. The third kappa shape index (κ3) is 2.81. The van der Waals surface area contributed by atoms with E-state index in [2.05, 4.69) is 0 Å². The van der Waals surface area contributed by atoms with E-state index in [1.165, 1.54) is 12.1 Å². The molecular formula is C9H9Cl3O3S. The maximum atomic E-state index is 11.3. The van der Waals surface area contributed by atoms with Crippen molar-refractivity contribution in [2.24, 2.45) is 0 Å². The van der Waals surface area contributed by atoms with Gasteiger partial charge in [-0.25, -0.2) is 8.42 Å². The van der Waals surface area contributed by atoms with Gasteiger partial charge in [-0.2, -0.15) is 0 Å². The van der Waals surface area contributed by atoms with Crippen LogP contribution in [0.15, 0.2) is 24.3 Å². The molecule has 0 spiro atoms. The number of halogens is 3. The van der Waals surface area contributed by atoms with Crippen molar-refractivity contribution < 1.29 is 13.5 Å². The highest BCUT2D eigenvalue weighted by atomic mass is 35.5. The van der Waals surface area contributed by atoms with Crippen molar-refractivity contribution in [3.8, 4) is 0 Å². The van der Waals surface area contributed by atoms with E-state index in [0.717, 1.165) is 6.26 Å². The second-order valence-electron chi connectivity index (χ2n) is 3.29. The summed E-state index contributed by atoms with van der Waals surface area (Å²) < 4.78 is 20.3. The van der Waals surface area contributed by atoms with Crippen LogP contribution >= 0.6 is 34.8 Å². The summed E-state index contributed by atoms with van der Waals surface area (Å²) >= 11 is 17.0. The lowest BCUT2D eigenvalue weighted by atomic mass is 10.1. The summed E-state index contributed by atoms with van der Waals surface area (Å²) in [5.74, 6) is 0. The predicted octanol–water partition coefficient (Wildman–Crippen LogP) is 2.55. The number of rotatable bonds is 3. The lowest BCUT2D eigenvalue weighted by Gasteiger charge is -2.24. The summed E-state index contributed by atoms with van der Waals surface area (Å²) in [4.78, 5) is 0. The molecule has 0 bridgehead atoms. The molecule has 0 aliphatic rings. The van der Waals surface area contributed by atoms with Gasteiger partial charge in [-0.15, -0.1) is 0 Å². The van der Waals surface area contributed by atoms with Gasteiger partial charge in [-0.1, -0.05) is 46.9 Å².